The molecule has 0 radical (unpaired) electrons. The Hall–Kier alpha value is -3.44. The largest absolute Gasteiger partial charge is 0.493 e. The second kappa shape index (κ2) is 8.83. The first-order valence-corrected chi connectivity index (χ1v) is 12.4. The number of aryl methyl sites for hydroxylation is 1. The van der Waals surface area contributed by atoms with Crippen molar-refractivity contribution in [2.75, 3.05) is 13.4 Å². The van der Waals surface area contributed by atoms with Crippen LogP contribution in [0.4, 0.5) is 0 Å². The van der Waals surface area contributed by atoms with Crippen LogP contribution in [0.1, 0.15) is 16.7 Å². The van der Waals surface area contributed by atoms with Crippen LogP contribution in [0.25, 0.3) is 6.08 Å². The number of hydrogen-bond donors (Lipinski definition) is 1. The Kier molecular flexibility index (Phi) is 6.09. The quantitative estimate of drug-likeness (QED) is 0.511. The maximum atomic E-state index is 12.5. The predicted octanol–water partition coefficient (Wildman–Crippen LogP) is 3.20. The summed E-state index contributed by atoms with van der Waals surface area (Å²) in [6.45, 7) is 2.37. The number of fused-ring (bicyclic) bond motifs is 1. The monoisotopic (exact) mass is 484 g/mol. The van der Waals surface area contributed by atoms with E-state index in [1.807, 2.05) is 31.2 Å². The topological polar surface area (TPSA) is 121 Å². The molecule has 0 fully saturated rings. The summed E-state index contributed by atoms with van der Waals surface area (Å²) in [6, 6.07) is 13.1. The van der Waals surface area contributed by atoms with Crippen molar-refractivity contribution in [3.8, 4) is 11.5 Å². The fourth-order valence-electron chi connectivity index (χ4n) is 3.14. The number of sulfone groups is 1. The average molecular weight is 485 g/mol. The fourth-order valence-corrected chi connectivity index (χ4v) is 4.99. The van der Waals surface area contributed by atoms with Crippen LogP contribution in [0, 0.1) is 12.3 Å². The van der Waals surface area contributed by atoms with Crippen molar-refractivity contribution in [2.45, 2.75) is 13.5 Å². The molecule has 1 N–H and O–H groups in total. The van der Waals surface area contributed by atoms with Gasteiger partial charge in [0.05, 0.1) is 24.6 Å². The lowest BCUT2D eigenvalue weighted by atomic mass is 10.1. The number of amidine groups is 3. The maximum absolute atomic E-state index is 12.5. The lowest BCUT2D eigenvalue weighted by molar-refractivity contribution is -0.114. The molecule has 0 unspecified atom stereocenters. The van der Waals surface area contributed by atoms with Crippen molar-refractivity contribution < 1.29 is 22.7 Å². The van der Waals surface area contributed by atoms with E-state index in [1.54, 1.807) is 18.2 Å². The van der Waals surface area contributed by atoms with E-state index in [0.29, 0.717) is 23.7 Å². The second-order valence-corrected chi connectivity index (χ2v) is 10.0. The van der Waals surface area contributed by atoms with Crippen LogP contribution in [0.15, 0.2) is 57.4 Å². The summed E-state index contributed by atoms with van der Waals surface area (Å²) in [5.41, 5.74) is 2.67. The minimum Gasteiger partial charge on any atom is -0.493 e. The van der Waals surface area contributed by atoms with Gasteiger partial charge in [0.1, 0.15) is 12.4 Å². The first-order chi connectivity index (χ1) is 15.7. The summed E-state index contributed by atoms with van der Waals surface area (Å²) in [4.78, 5) is 17.5. The standard InChI is InChI=1S/C22H20N4O5S2/c1-13-4-6-14(7-5-13)12-31-17-9-8-15(11-18(17)30-2)10-16-19(23)26-21(24-20(16)27)32-25-22(26)33(3,28)29/h4-11,23H,12H2,1-3H3. The Balaban J connectivity index is 1.59. The highest BCUT2D eigenvalue weighted by Gasteiger charge is 2.41. The average Bonchev–Trinajstić information content (AvgIpc) is 3.21. The molecule has 0 spiro atoms. The van der Waals surface area contributed by atoms with Gasteiger partial charge in [-0.1, -0.05) is 35.9 Å². The van der Waals surface area contributed by atoms with E-state index in [1.165, 1.54) is 13.2 Å². The number of aliphatic imine (C=N–C) groups is 1. The van der Waals surface area contributed by atoms with Crippen molar-refractivity contribution in [3.63, 3.8) is 0 Å². The Morgan fingerprint density at radius 3 is 2.55 bits per heavy atom. The van der Waals surface area contributed by atoms with Gasteiger partial charge >= 0.3 is 0 Å². The number of amides is 1. The molecule has 0 aliphatic carbocycles. The normalized spacial score (nSPS) is 17.1. The molecule has 33 heavy (non-hydrogen) atoms. The molecule has 2 aliphatic heterocycles. The summed E-state index contributed by atoms with van der Waals surface area (Å²) in [7, 11) is -2.20. The fraction of sp³-hybridized carbons (Fsp3) is 0.182. The SMILES string of the molecule is COc1cc(C=C2C(=N)N3C(=NC2=O)SN=C3S(C)(=O)=O)ccc1OCc1ccc(C)cc1. The molecular weight excluding hydrogens is 464 g/mol. The van der Waals surface area contributed by atoms with E-state index in [9.17, 15) is 13.2 Å². The second-order valence-electron chi connectivity index (χ2n) is 7.36. The zero-order valence-corrected chi connectivity index (χ0v) is 19.7. The third kappa shape index (κ3) is 4.69. The number of benzene rings is 2. The van der Waals surface area contributed by atoms with Gasteiger partial charge in [0, 0.05) is 6.26 Å². The molecule has 0 aromatic heterocycles. The highest BCUT2D eigenvalue weighted by molar-refractivity contribution is 8.16. The van der Waals surface area contributed by atoms with Gasteiger partial charge in [0.2, 0.25) is 20.2 Å². The van der Waals surface area contributed by atoms with E-state index in [-0.39, 0.29) is 21.7 Å². The van der Waals surface area contributed by atoms with Gasteiger partial charge in [-0.05, 0) is 36.3 Å². The predicted molar refractivity (Wildman–Crippen MR) is 128 cm³/mol. The Morgan fingerprint density at radius 1 is 1.15 bits per heavy atom. The molecule has 0 atom stereocenters. The number of rotatable bonds is 5. The number of nitrogens with zero attached hydrogens (tertiary/aromatic N) is 3. The molecule has 170 valence electrons. The van der Waals surface area contributed by atoms with Crippen LogP contribution < -0.4 is 9.47 Å². The Labute approximate surface area is 195 Å². The van der Waals surface area contributed by atoms with Crippen LogP contribution in [0.2, 0.25) is 0 Å². The summed E-state index contributed by atoms with van der Waals surface area (Å²) in [6.07, 6.45) is 2.45. The van der Waals surface area contributed by atoms with Gasteiger partial charge in [-0.25, -0.2) is 13.3 Å². The van der Waals surface area contributed by atoms with Gasteiger partial charge in [0.15, 0.2) is 11.5 Å². The highest BCUT2D eigenvalue weighted by atomic mass is 32.2. The molecule has 4 rings (SSSR count). The molecule has 2 aliphatic rings. The lowest BCUT2D eigenvalue weighted by Crippen LogP contribution is -2.45. The van der Waals surface area contributed by atoms with Gasteiger partial charge in [0.25, 0.3) is 5.91 Å². The van der Waals surface area contributed by atoms with Crippen LogP contribution in [-0.4, -0.2) is 48.8 Å². The summed E-state index contributed by atoms with van der Waals surface area (Å²) in [5, 5.41) is 8.14. The number of carbonyl (C=O) groups excluding carboxylic acids is 1. The summed E-state index contributed by atoms with van der Waals surface area (Å²) in [5.74, 6) is 0.0128. The molecule has 2 heterocycles. The van der Waals surface area contributed by atoms with Crippen molar-refractivity contribution in [1.82, 2.24) is 4.90 Å². The third-order valence-corrected chi connectivity index (χ3v) is 6.59. The Morgan fingerprint density at radius 2 is 1.88 bits per heavy atom. The zero-order chi connectivity index (χ0) is 23.8. The molecule has 0 saturated heterocycles. The molecule has 2 aromatic carbocycles. The number of methoxy groups -OCH3 is 1. The van der Waals surface area contributed by atoms with E-state index in [2.05, 4.69) is 9.39 Å². The van der Waals surface area contributed by atoms with Crippen LogP contribution in [0.5, 0.6) is 11.5 Å². The van der Waals surface area contributed by atoms with E-state index < -0.39 is 15.7 Å². The number of ether oxygens (including phenoxy) is 2. The van der Waals surface area contributed by atoms with Crippen LogP contribution in [0.3, 0.4) is 0 Å². The van der Waals surface area contributed by atoms with E-state index >= 15 is 0 Å². The minimum absolute atomic E-state index is 0.0417. The van der Waals surface area contributed by atoms with Gasteiger partial charge < -0.3 is 9.47 Å². The lowest BCUT2D eigenvalue weighted by Gasteiger charge is -2.23. The molecule has 0 saturated carbocycles. The molecule has 2 aromatic rings. The first-order valence-electron chi connectivity index (χ1n) is 9.72. The van der Waals surface area contributed by atoms with Crippen molar-refractivity contribution in [2.24, 2.45) is 9.39 Å². The number of hydrogen-bond acceptors (Lipinski definition) is 8. The molecule has 0 bridgehead atoms. The van der Waals surface area contributed by atoms with Crippen LogP contribution >= 0.6 is 11.9 Å². The Bertz CT molecular complexity index is 1350. The molecule has 11 heteroatoms. The number of nitrogens with one attached hydrogen (secondary N) is 1. The van der Waals surface area contributed by atoms with Crippen molar-refractivity contribution in [1.29, 1.82) is 5.41 Å². The van der Waals surface area contributed by atoms with Crippen LogP contribution in [-0.2, 0) is 21.2 Å². The van der Waals surface area contributed by atoms with Gasteiger partial charge in [-0.15, -0.1) is 0 Å². The van der Waals surface area contributed by atoms with E-state index in [4.69, 9.17) is 14.9 Å². The summed E-state index contributed by atoms with van der Waals surface area (Å²) >= 11 is 0.749. The smallest absolute Gasteiger partial charge is 0.283 e. The van der Waals surface area contributed by atoms with Crippen molar-refractivity contribution in [3.05, 3.63) is 64.7 Å². The number of carbonyl (C=O) groups is 1. The zero-order valence-electron chi connectivity index (χ0n) is 18.0. The molecule has 1 amide bonds. The van der Waals surface area contributed by atoms with E-state index in [0.717, 1.165) is 34.2 Å². The maximum Gasteiger partial charge on any atom is 0.283 e. The molecule has 9 nitrogen and oxygen atoms in total. The van der Waals surface area contributed by atoms with Gasteiger partial charge in [-0.2, -0.15) is 9.39 Å². The third-order valence-electron chi connectivity index (χ3n) is 4.84. The highest BCUT2D eigenvalue weighted by Crippen LogP contribution is 2.32. The first kappa shape index (κ1) is 22.7. The molecular formula is C22H20N4O5S2. The minimum atomic E-state index is -3.71. The van der Waals surface area contributed by atoms with Crippen molar-refractivity contribution >= 4 is 49.9 Å². The van der Waals surface area contributed by atoms with Gasteiger partial charge in [-0.3, -0.25) is 10.2 Å². The summed E-state index contributed by atoms with van der Waals surface area (Å²) < 4.78 is 39.2.